The van der Waals surface area contributed by atoms with Crippen molar-refractivity contribution in [1.82, 2.24) is 0 Å². The van der Waals surface area contributed by atoms with E-state index in [1.54, 1.807) is 0 Å². The molecule has 1 radical (unpaired) electrons. The second-order valence-electron chi connectivity index (χ2n) is 4.12. The lowest BCUT2D eigenvalue weighted by Crippen LogP contribution is -2.04. The Morgan fingerprint density at radius 1 is 0.857 bits per heavy atom. The van der Waals surface area contributed by atoms with E-state index in [4.69, 9.17) is 0 Å². The third-order valence-electron chi connectivity index (χ3n) is 2.63. The highest BCUT2D eigenvalue weighted by Gasteiger charge is 2.05. The van der Waals surface area contributed by atoms with Gasteiger partial charge in [0, 0.05) is 0 Å². The fraction of sp³-hybridized carbons (Fsp3) is 1.00. The van der Waals surface area contributed by atoms with Crippen molar-refractivity contribution in [3.63, 3.8) is 0 Å². The van der Waals surface area contributed by atoms with Gasteiger partial charge in [-0.1, -0.05) is 53.9 Å². The first kappa shape index (κ1) is 16.4. The first-order valence-electron chi connectivity index (χ1n) is 6.27. The predicted molar refractivity (Wildman–Crippen MR) is 64.0 cm³/mol. The summed E-state index contributed by atoms with van der Waals surface area (Å²) >= 11 is 0. The molecule has 14 heavy (non-hydrogen) atoms. The number of rotatable bonds is 6. The molecule has 0 saturated carbocycles. The first-order valence-corrected chi connectivity index (χ1v) is 6.27. The zero-order valence-corrected chi connectivity index (χ0v) is 10.8. The number of unbranched alkanes of at least 4 members (excludes halogenated alkanes) is 1. The molecule has 0 aromatic heterocycles. The highest BCUT2D eigenvalue weighted by atomic mass is 16.3. The second-order valence-corrected chi connectivity index (χ2v) is 4.12. The van der Waals surface area contributed by atoms with Gasteiger partial charge >= 0.3 is 0 Å². The van der Waals surface area contributed by atoms with E-state index in [1.165, 1.54) is 19.3 Å². The van der Waals surface area contributed by atoms with Gasteiger partial charge < -0.3 is 0 Å². The van der Waals surface area contributed by atoms with E-state index in [9.17, 15) is 5.11 Å². The lowest BCUT2D eigenvalue weighted by molar-refractivity contribution is 0.0723. The van der Waals surface area contributed by atoms with Crippen LogP contribution in [0.1, 0.15) is 73.1 Å². The van der Waals surface area contributed by atoms with Gasteiger partial charge in [-0.25, -0.2) is 5.11 Å². The summed E-state index contributed by atoms with van der Waals surface area (Å²) in [7, 11) is 0. The maximum Gasteiger partial charge on any atom is 0.0927 e. The minimum Gasteiger partial charge on any atom is -0.233 e. The standard InChI is InChI=1S/C9H19O.C4H10/c1-4-8(3)6-7-9(10)5-2;1-3-4-2/h8-9H,4-7H2,1-3H3;3-4H2,1-2H3. The molecule has 0 fully saturated rings. The van der Waals surface area contributed by atoms with E-state index >= 15 is 0 Å². The Morgan fingerprint density at radius 3 is 1.64 bits per heavy atom. The molecule has 0 spiro atoms. The molecule has 2 unspecified atom stereocenters. The summed E-state index contributed by atoms with van der Waals surface area (Å²) in [5, 5.41) is 10.9. The van der Waals surface area contributed by atoms with Crippen LogP contribution in [0.5, 0.6) is 0 Å². The van der Waals surface area contributed by atoms with Gasteiger partial charge in [-0.15, -0.1) is 0 Å². The van der Waals surface area contributed by atoms with E-state index < -0.39 is 0 Å². The molecule has 2 atom stereocenters. The van der Waals surface area contributed by atoms with Crippen molar-refractivity contribution < 1.29 is 5.11 Å². The van der Waals surface area contributed by atoms with Crippen molar-refractivity contribution in [1.29, 1.82) is 0 Å². The molecule has 1 heteroatoms. The van der Waals surface area contributed by atoms with Crippen LogP contribution < -0.4 is 0 Å². The average molecular weight is 201 g/mol. The smallest absolute Gasteiger partial charge is 0.0927 e. The van der Waals surface area contributed by atoms with Crippen LogP contribution in [0.2, 0.25) is 0 Å². The molecule has 0 aromatic carbocycles. The van der Waals surface area contributed by atoms with Crippen molar-refractivity contribution in [2.75, 3.05) is 0 Å². The second kappa shape index (κ2) is 13.0. The normalized spacial score (nSPS) is 14.1. The van der Waals surface area contributed by atoms with Crippen LogP contribution in [0.25, 0.3) is 0 Å². The van der Waals surface area contributed by atoms with E-state index in [-0.39, 0.29) is 6.10 Å². The molecule has 0 saturated heterocycles. The molecule has 0 rings (SSSR count). The Kier molecular flexibility index (Phi) is 15.2. The summed E-state index contributed by atoms with van der Waals surface area (Å²) in [5.74, 6) is 0.739. The van der Waals surface area contributed by atoms with E-state index in [2.05, 4.69) is 27.7 Å². The van der Waals surface area contributed by atoms with Gasteiger partial charge in [0.2, 0.25) is 0 Å². The summed E-state index contributed by atoms with van der Waals surface area (Å²) < 4.78 is 0. The topological polar surface area (TPSA) is 19.9 Å². The molecule has 0 amide bonds. The predicted octanol–water partition coefficient (Wildman–Crippen LogP) is 4.83. The molecule has 0 heterocycles. The number of hydrogen-bond acceptors (Lipinski definition) is 0. The molecule has 87 valence electrons. The monoisotopic (exact) mass is 201 g/mol. The maximum atomic E-state index is 10.9. The summed E-state index contributed by atoms with van der Waals surface area (Å²) in [4.78, 5) is 0. The zero-order valence-electron chi connectivity index (χ0n) is 10.8. The van der Waals surface area contributed by atoms with E-state index in [1.807, 2.05) is 6.92 Å². The van der Waals surface area contributed by atoms with Crippen LogP contribution >= 0.6 is 0 Å². The Morgan fingerprint density at radius 2 is 1.36 bits per heavy atom. The van der Waals surface area contributed by atoms with Crippen molar-refractivity contribution in [3.05, 3.63) is 0 Å². The van der Waals surface area contributed by atoms with Crippen LogP contribution in [0.3, 0.4) is 0 Å². The van der Waals surface area contributed by atoms with Gasteiger partial charge in [0.05, 0.1) is 6.10 Å². The lowest BCUT2D eigenvalue weighted by Gasteiger charge is -2.09. The van der Waals surface area contributed by atoms with Crippen molar-refractivity contribution in [2.24, 2.45) is 5.92 Å². The third-order valence-corrected chi connectivity index (χ3v) is 2.63. The highest BCUT2D eigenvalue weighted by Crippen LogP contribution is 2.12. The van der Waals surface area contributed by atoms with Crippen LogP contribution in [0.15, 0.2) is 0 Å². The lowest BCUT2D eigenvalue weighted by atomic mass is 10.00. The molecular formula is C13H29O. The van der Waals surface area contributed by atoms with Crippen LogP contribution in [-0.4, -0.2) is 6.10 Å². The molecule has 1 nitrogen and oxygen atoms in total. The van der Waals surface area contributed by atoms with Crippen LogP contribution in [-0.2, 0) is 5.11 Å². The van der Waals surface area contributed by atoms with E-state index in [0.717, 1.165) is 25.2 Å². The van der Waals surface area contributed by atoms with Gasteiger partial charge in [-0.2, -0.15) is 0 Å². The molecule has 0 bridgehead atoms. The van der Waals surface area contributed by atoms with Gasteiger partial charge in [0.15, 0.2) is 0 Å². The fourth-order valence-corrected chi connectivity index (χ4v) is 0.879. The number of hydrogen-bond donors (Lipinski definition) is 0. The van der Waals surface area contributed by atoms with Crippen LogP contribution in [0.4, 0.5) is 0 Å². The Labute approximate surface area is 90.9 Å². The molecule has 0 N–H and O–H groups in total. The van der Waals surface area contributed by atoms with Gasteiger partial charge in [0.1, 0.15) is 0 Å². The summed E-state index contributed by atoms with van der Waals surface area (Å²) in [6.45, 7) is 10.7. The molecule has 0 aliphatic rings. The van der Waals surface area contributed by atoms with Gasteiger partial charge in [0.25, 0.3) is 0 Å². The maximum absolute atomic E-state index is 10.9. The first-order chi connectivity index (χ1) is 6.62. The van der Waals surface area contributed by atoms with Crippen molar-refractivity contribution >= 4 is 0 Å². The summed E-state index contributed by atoms with van der Waals surface area (Å²) in [6.07, 6.45) is 6.30. The Hall–Kier alpha value is -0.0400. The van der Waals surface area contributed by atoms with Crippen LogP contribution in [0, 0.1) is 5.92 Å². The molecular weight excluding hydrogens is 172 g/mol. The van der Waals surface area contributed by atoms with Crippen molar-refractivity contribution in [2.45, 2.75) is 79.2 Å². The molecule has 0 aromatic rings. The molecule has 0 aliphatic carbocycles. The van der Waals surface area contributed by atoms with Gasteiger partial charge in [-0.3, -0.25) is 0 Å². The zero-order chi connectivity index (χ0) is 11.4. The highest BCUT2D eigenvalue weighted by molar-refractivity contribution is 4.56. The Balaban J connectivity index is 0. The quantitative estimate of drug-likeness (QED) is 0.586. The Bertz CT molecular complexity index is 79.2. The van der Waals surface area contributed by atoms with Gasteiger partial charge in [-0.05, 0) is 25.2 Å². The molecule has 0 aliphatic heterocycles. The fourth-order valence-electron chi connectivity index (χ4n) is 0.879. The summed E-state index contributed by atoms with van der Waals surface area (Å²) in [6, 6.07) is 0. The summed E-state index contributed by atoms with van der Waals surface area (Å²) in [5.41, 5.74) is 0. The van der Waals surface area contributed by atoms with E-state index in [0.29, 0.717) is 0 Å². The third kappa shape index (κ3) is 14.5. The van der Waals surface area contributed by atoms with Crippen molar-refractivity contribution in [3.8, 4) is 0 Å². The largest absolute Gasteiger partial charge is 0.233 e. The SMILES string of the molecule is CCC(C)CCC([O])CC.CCCC. The average Bonchev–Trinajstić information content (AvgIpc) is 2.25. The minimum atomic E-state index is -0.311. The minimum absolute atomic E-state index is 0.311.